The van der Waals surface area contributed by atoms with Crippen LogP contribution in [0.1, 0.15) is 44.9 Å². The van der Waals surface area contributed by atoms with Gasteiger partial charge in [0.1, 0.15) is 18.3 Å². The number of hydrogen-bond acceptors (Lipinski definition) is 6. The molecular weight excluding hydrogens is 372 g/mol. The monoisotopic (exact) mass is 404 g/mol. The van der Waals surface area contributed by atoms with E-state index < -0.39 is 24.3 Å². The zero-order valence-electron chi connectivity index (χ0n) is 16.8. The van der Waals surface area contributed by atoms with E-state index in [1.165, 1.54) is 12.2 Å². The molecule has 3 aliphatic rings. The van der Waals surface area contributed by atoms with Gasteiger partial charge in [-0.1, -0.05) is 36.5 Å². The Kier molecular flexibility index (Phi) is 7.84. The van der Waals surface area contributed by atoms with Crippen molar-refractivity contribution in [2.24, 2.45) is 0 Å². The molecule has 0 aromatic heterocycles. The molecule has 3 rings (SSSR count). The fourth-order valence-electron chi connectivity index (χ4n) is 3.95. The molecule has 160 valence electrons. The summed E-state index contributed by atoms with van der Waals surface area (Å²) in [5.41, 5.74) is 0.993. The van der Waals surface area contributed by atoms with E-state index in [1.54, 1.807) is 6.08 Å². The number of aliphatic hydroxyl groups is 2. The van der Waals surface area contributed by atoms with Crippen LogP contribution in [0, 0.1) is 0 Å². The quantitative estimate of drug-likeness (QED) is 0.418. The summed E-state index contributed by atoms with van der Waals surface area (Å²) in [7, 11) is 0. The second kappa shape index (κ2) is 10.3. The van der Waals surface area contributed by atoms with Gasteiger partial charge in [-0.15, -0.1) is 6.58 Å². The van der Waals surface area contributed by atoms with Gasteiger partial charge in [0.25, 0.3) is 0 Å². The lowest BCUT2D eigenvalue weighted by atomic mass is 9.97. The lowest BCUT2D eigenvalue weighted by Gasteiger charge is -2.25. The molecule has 7 atom stereocenters. The van der Waals surface area contributed by atoms with E-state index in [0.717, 1.165) is 31.3 Å². The molecule has 1 saturated heterocycles. The molecule has 2 N–H and O–H groups in total. The lowest BCUT2D eigenvalue weighted by molar-refractivity contribution is -0.147. The normalized spacial score (nSPS) is 38.7. The Bertz CT molecular complexity index is 654. The first-order valence-corrected chi connectivity index (χ1v) is 10.5. The summed E-state index contributed by atoms with van der Waals surface area (Å²) < 4.78 is 17.1. The van der Waals surface area contributed by atoms with Gasteiger partial charge in [0, 0.05) is 12.5 Å². The predicted molar refractivity (Wildman–Crippen MR) is 109 cm³/mol. The fraction of sp³-hybridized carbons (Fsp3) is 0.609. The van der Waals surface area contributed by atoms with Crippen molar-refractivity contribution in [3.63, 3.8) is 0 Å². The van der Waals surface area contributed by atoms with Crippen molar-refractivity contribution in [1.82, 2.24) is 0 Å². The number of cyclic esters (lactones) is 1. The number of aliphatic hydroxyl groups excluding tert-OH is 2. The van der Waals surface area contributed by atoms with Crippen molar-refractivity contribution in [3.05, 3.63) is 49.1 Å². The minimum Gasteiger partial charge on any atom is -0.456 e. The maximum Gasteiger partial charge on any atom is 0.330 e. The summed E-state index contributed by atoms with van der Waals surface area (Å²) in [6.07, 6.45) is 10.7. The summed E-state index contributed by atoms with van der Waals surface area (Å²) in [6, 6.07) is 0. The third kappa shape index (κ3) is 6.64. The van der Waals surface area contributed by atoms with Crippen molar-refractivity contribution < 1.29 is 29.2 Å². The van der Waals surface area contributed by atoms with Crippen LogP contribution < -0.4 is 0 Å². The molecule has 29 heavy (non-hydrogen) atoms. The third-order valence-electron chi connectivity index (χ3n) is 5.65. The maximum atomic E-state index is 12.2. The fourth-order valence-corrected chi connectivity index (χ4v) is 3.95. The van der Waals surface area contributed by atoms with Gasteiger partial charge in [-0.3, -0.25) is 0 Å². The van der Waals surface area contributed by atoms with E-state index in [-0.39, 0.29) is 24.4 Å². The molecule has 0 amide bonds. The second-order valence-electron chi connectivity index (χ2n) is 8.09. The Hall–Kier alpha value is -1.73. The van der Waals surface area contributed by atoms with E-state index in [4.69, 9.17) is 14.2 Å². The molecule has 2 bridgehead atoms. The first kappa shape index (κ1) is 22.0. The zero-order valence-corrected chi connectivity index (χ0v) is 16.8. The van der Waals surface area contributed by atoms with E-state index in [0.29, 0.717) is 19.3 Å². The second-order valence-corrected chi connectivity index (χ2v) is 8.09. The Morgan fingerprint density at radius 2 is 2.07 bits per heavy atom. The van der Waals surface area contributed by atoms with Crippen molar-refractivity contribution in [2.75, 3.05) is 0 Å². The Labute approximate surface area is 172 Å². The Balaban J connectivity index is 1.67. The van der Waals surface area contributed by atoms with E-state index in [1.807, 2.05) is 6.08 Å². The van der Waals surface area contributed by atoms with Crippen LogP contribution in [-0.4, -0.2) is 58.9 Å². The minimum atomic E-state index is -1.000. The highest BCUT2D eigenvalue weighted by molar-refractivity contribution is 5.82. The molecule has 0 unspecified atom stereocenters. The van der Waals surface area contributed by atoms with Gasteiger partial charge in [0.15, 0.2) is 0 Å². The van der Waals surface area contributed by atoms with E-state index in [2.05, 4.69) is 19.2 Å². The average molecular weight is 405 g/mol. The number of esters is 1. The molecule has 0 aromatic rings. The van der Waals surface area contributed by atoms with E-state index >= 15 is 0 Å². The average Bonchev–Trinajstić information content (AvgIpc) is 3.46. The summed E-state index contributed by atoms with van der Waals surface area (Å²) in [6.45, 7) is 7.67. The van der Waals surface area contributed by atoms with Gasteiger partial charge in [0.05, 0.1) is 24.4 Å². The van der Waals surface area contributed by atoms with Crippen LogP contribution >= 0.6 is 0 Å². The molecule has 0 aliphatic carbocycles. The van der Waals surface area contributed by atoms with Crippen molar-refractivity contribution in [2.45, 2.75) is 87.7 Å². The van der Waals surface area contributed by atoms with Crippen molar-refractivity contribution >= 4 is 5.97 Å². The van der Waals surface area contributed by atoms with Crippen LogP contribution in [0.2, 0.25) is 0 Å². The predicted octanol–water partition coefficient (Wildman–Crippen LogP) is 2.75. The number of ether oxygens (including phenoxy) is 3. The first-order valence-electron chi connectivity index (χ1n) is 10.5. The summed E-state index contributed by atoms with van der Waals surface area (Å²) in [5.74, 6) is -0.528. The Morgan fingerprint density at radius 3 is 2.86 bits per heavy atom. The number of carbonyl (C=O) groups excluding carboxylic acids is 1. The molecule has 0 aromatic carbocycles. The molecule has 1 fully saturated rings. The highest BCUT2D eigenvalue weighted by atomic mass is 16.6. The molecule has 3 aliphatic heterocycles. The maximum absolute atomic E-state index is 12.2. The molecule has 6 nitrogen and oxygen atoms in total. The number of hydrogen-bond donors (Lipinski definition) is 2. The zero-order chi connectivity index (χ0) is 20.8. The number of fused-ring (bicyclic) bond motifs is 3. The van der Waals surface area contributed by atoms with Gasteiger partial charge in [-0.25, -0.2) is 4.79 Å². The van der Waals surface area contributed by atoms with Crippen molar-refractivity contribution in [3.8, 4) is 0 Å². The van der Waals surface area contributed by atoms with Gasteiger partial charge >= 0.3 is 5.97 Å². The number of rotatable bonds is 2. The number of carbonyl (C=O) groups is 1. The number of epoxide rings is 1. The molecule has 3 heterocycles. The van der Waals surface area contributed by atoms with Crippen LogP contribution in [0.25, 0.3) is 0 Å². The van der Waals surface area contributed by atoms with Gasteiger partial charge in [-0.05, 0) is 38.5 Å². The standard InChI is InChI=1S/C23H32O6/c1-3-18(24)20-14-21-23(29-21)19(25)13-15(2)7-4-8-16-9-5-10-17(27-16)11-6-12-22(26)28-20/h3,5-6,10,12,16-21,23-25H,1-2,4,7-9,11,13-14H2/b12-6-/t16-,17+,18+,19+,20+,21+,23+/m1/s1. The first-order chi connectivity index (χ1) is 14.0. The highest BCUT2D eigenvalue weighted by Gasteiger charge is 2.46. The van der Waals surface area contributed by atoms with Gasteiger partial charge < -0.3 is 24.4 Å². The van der Waals surface area contributed by atoms with Crippen LogP contribution in [0.15, 0.2) is 49.1 Å². The van der Waals surface area contributed by atoms with Crippen LogP contribution in [0.4, 0.5) is 0 Å². The summed E-state index contributed by atoms with van der Waals surface area (Å²) in [4.78, 5) is 12.2. The van der Waals surface area contributed by atoms with Gasteiger partial charge in [-0.2, -0.15) is 0 Å². The van der Waals surface area contributed by atoms with E-state index in [9.17, 15) is 15.0 Å². The smallest absolute Gasteiger partial charge is 0.330 e. The largest absolute Gasteiger partial charge is 0.456 e. The lowest BCUT2D eigenvalue weighted by Crippen LogP contribution is -2.32. The molecule has 0 saturated carbocycles. The summed E-state index contributed by atoms with van der Waals surface area (Å²) >= 11 is 0. The molecule has 6 heteroatoms. The SMILES string of the molecule is C=C[C@H](O)[C@@H]1C[C@@H]2O[C@H]2[C@@H](O)CC(=C)CCC[C@@H]2CC=C[C@@H](C/C=C\C(=O)O1)O2. The third-order valence-corrected chi connectivity index (χ3v) is 5.65. The Morgan fingerprint density at radius 1 is 1.24 bits per heavy atom. The van der Waals surface area contributed by atoms with Gasteiger partial charge in [0.2, 0.25) is 0 Å². The topological polar surface area (TPSA) is 88.5 Å². The minimum absolute atomic E-state index is 0.0584. The van der Waals surface area contributed by atoms with Crippen LogP contribution in [0.3, 0.4) is 0 Å². The van der Waals surface area contributed by atoms with Crippen LogP contribution in [-0.2, 0) is 19.0 Å². The van der Waals surface area contributed by atoms with Crippen LogP contribution in [0.5, 0.6) is 0 Å². The summed E-state index contributed by atoms with van der Waals surface area (Å²) in [5, 5.41) is 20.6. The van der Waals surface area contributed by atoms with Crippen molar-refractivity contribution in [1.29, 1.82) is 0 Å². The molecule has 0 spiro atoms. The molecular formula is C23H32O6. The molecule has 0 radical (unpaired) electrons. The highest BCUT2D eigenvalue weighted by Crippen LogP contribution is 2.34.